The van der Waals surface area contributed by atoms with Crippen molar-refractivity contribution in [1.29, 1.82) is 0 Å². The summed E-state index contributed by atoms with van der Waals surface area (Å²) < 4.78 is 0. The molecule has 132 valence electrons. The van der Waals surface area contributed by atoms with Crippen molar-refractivity contribution in [2.45, 2.75) is 41.5 Å². The fourth-order valence-corrected chi connectivity index (χ4v) is 2.43. The molecule has 0 aliphatic heterocycles. The Morgan fingerprint density at radius 1 is 0.720 bits per heavy atom. The second-order valence-corrected chi connectivity index (χ2v) is 7.03. The molecule has 4 heteroatoms. The first kappa shape index (κ1) is 18.7. The molecular formula is C21H26N2O2. The van der Waals surface area contributed by atoms with Gasteiger partial charge in [0.2, 0.25) is 11.8 Å². The van der Waals surface area contributed by atoms with E-state index in [1.54, 1.807) is 13.8 Å². The third-order valence-electron chi connectivity index (χ3n) is 4.84. The molecule has 0 unspecified atom stereocenters. The summed E-state index contributed by atoms with van der Waals surface area (Å²) in [6.45, 7) is 11.1. The van der Waals surface area contributed by atoms with Crippen LogP contribution >= 0.6 is 0 Å². The molecule has 2 amide bonds. The fourth-order valence-electron chi connectivity index (χ4n) is 2.43. The predicted molar refractivity (Wildman–Crippen MR) is 103 cm³/mol. The molecule has 0 spiro atoms. The molecule has 0 aliphatic rings. The van der Waals surface area contributed by atoms with Gasteiger partial charge in [-0.15, -0.1) is 0 Å². The Labute approximate surface area is 149 Å². The molecule has 0 aromatic heterocycles. The molecule has 0 aliphatic carbocycles. The third-order valence-corrected chi connectivity index (χ3v) is 4.84. The van der Waals surface area contributed by atoms with Gasteiger partial charge in [-0.2, -0.15) is 0 Å². The van der Waals surface area contributed by atoms with Gasteiger partial charge in [0.1, 0.15) is 5.41 Å². The van der Waals surface area contributed by atoms with Gasteiger partial charge in [-0.3, -0.25) is 9.59 Å². The lowest BCUT2D eigenvalue weighted by molar-refractivity contribution is -0.135. The average molecular weight is 338 g/mol. The summed E-state index contributed by atoms with van der Waals surface area (Å²) in [7, 11) is 0. The highest BCUT2D eigenvalue weighted by Crippen LogP contribution is 2.25. The highest BCUT2D eigenvalue weighted by atomic mass is 16.2. The maximum atomic E-state index is 12.7. The summed E-state index contributed by atoms with van der Waals surface area (Å²) in [4.78, 5) is 25.4. The molecule has 2 aromatic carbocycles. The molecule has 2 aromatic rings. The summed E-state index contributed by atoms with van der Waals surface area (Å²) in [5.41, 5.74) is 4.45. The largest absolute Gasteiger partial charge is 0.325 e. The van der Waals surface area contributed by atoms with Crippen molar-refractivity contribution in [2.24, 2.45) is 5.41 Å². The minimum Gasteiger partial charge on any atom is -0.325 e. The van der Waals surface area contributed by atoms with Crippen LogP contribution in [-0.4, -0.2) is 11.8 Å². The van der Waals surface area contributed by atoms with E-state index in [1.807, 2.05) is 64.1 Å². The number of hydrogen-bond donors (Lipinski definition) is 2. The van der Waals surface area contributed by atoms with Gasteiger partial charge in [0.25, 0.3) is 0 Å². The van der Waals surface area contributed by atoms with Gasteiger partial charge in [-0.25, -0.2) is 0 Å². The van der Waals surface area contributed by atoms with E-state index in [2.05, 4.69) is 10.6 Å². The molecular weight excluding hydrogens is 312 g/mol. The predicted octanol–water partition coefficient (Wildman–Crippen LogP) is 4.52. The van der Waals surface area contributed by atoms with Gasteiger partial charge < -0.3 is 10.6 Å². The number of carbonyl (C=O) groups is 2. The number of benzene rings is 2. The maximum absolute atomic E-state index is 12.7. The van der Waals surface area contributed by atoms with Crippen LogP contribution in [0.4, 0.5) is 11.4 Å². The molecule has 4 nitrogen and oxygen atoms in total. The van der Waals surface area contributed by atoms with Crippen molar-refractivity contribution in [2.75, 3.05) is 10.6 Å². The van der Waals surface area contributed by atoms with Gasteiger partial charge >= 0.3 is 0 Å². The van der Waals surface area contributed by atoms with E-state index in [0.717, 1.165) is 33.6 Å². The molecule has 0 radical (unpaired) electrons. The lowest BCUT2D eigenvalue weighted by atomic mass is 9.90. The van der Waals surface area contributed by atoms with E-state index in [9.17, 15) is 9.59 Å². The van der Waals surface area contributed by atoms with Crippen molar-refractivity contribution in [3.63, 3.8) is 0 Å². The normalized spacial score (nSPS) is 11.1. The van der Waals surface area contributed by atoms with Crippen molar-refractivity contribution >= 4 is 23.2 Å². The molecule has 0 bridgehead atoms. The van der Waals surface area contributed by atoms with Gasteiger partial charge in [0, 0.05) is 11.4 Å². The van der Waals surface area contributed by atoms with Crippen molar-refractivity contribution in [3.8, 4) is 0 Å². The summed E-state index contributed by atoms with van der Waals surface area (Å²) >= 11 is 0. The molecule has 25 heavy (non-hydrogen) atoms. The first-order valence-corrected chi connectivity index (χ1v) is 8.40. The van der Waals surface area contributed by atoms with Crippen LogP contribution in [0.1, 0.15) is 36.1 Å². The molecule has 0 fully saturated rings. The number of anilines is 2. The Hall–Kier alpha value is -2.62. The Balaban J connectivity index is 2.19. The number of amides is 2. The zero-order valence-corrected chi connectivity index (χ0v) is 15.8. The van der Waals surface area contributed by atoms with Gasteiger partial charge in [-0.1, -0.05) is 24.3 Å². The first-order valence-electron chi connectivity index (χ1n) is 8.40. The van der Waals surface area contributed by atoms with Crippen LogP contribution in [0.3, 0.4) is 0 Å². The monoisotopic (exact) mass is 338 g/mol. The lowest BCUT2D eigenvalue weighted by Gasteiger charge is -2.24. The minimum atomic E-state index is -1.20. The SMILES string of the molecule is Cc1cccc(NC(=O)C(C)(C)C(=O)Nc2cccc(C)c2C)c1C. The summed E-state index contributed by atoms with van der Waals surface area (Å²) in [6, 6.07) is 11.5. The number of carbonyl (C=O) groups excluding carboxylic acids is 2. The smallest absolute Gasteiger partial charge is 0.239 e. The Kier molecular flexibility index (Phi) is 5.31. The summed E-state index contributed by atoms with van der Waals surface area (Å²) in [5.74, 6) is -0.659. The van der Waals surface area contributed by atoms with Crippen LogP contribution in [0.25, 0.3) is 0 Å². The zero-order chi connectivity index (χ0) is 18.8. The second kappa shape index (κ2) is 7.09. The standard InChI is InChI=1S/C21H26N2O2/c1-13-9-7-11-17(15(13)3)22-19(24)21(5,6)20(25)23-18-12-8-10-14(2)16(18)4/h7-12H,1-6H3,(H,22,24)(H,23,25). The van der Waals surface area contributed by atoms with Crippen molar-refractivity contribution < 1.29 is 9.59 Å². The number of rotatable bonds is 4. The Morgan fingerprint density at radius 3 is 1.44 bits per heavy atom. The summed E-state index contributed by atoms with van der Waals surface area (Å²) in [6.07, 6.45) is 0. The van der Waals surface area contributed by atoms with Crippen LogP contribution in [0.2, 0.25) is 0 Å². The molecule has 2 rings (SSSR count). The molecule has 2 N–H and O–H groups in total. The highest BCUT2D eigenvalue weighted by molar-refractivity contribution is 6.14. The van der Waals surface area contributed by atoms with E-state index in [4.69, 9.17) is 0 Å². The van der Waals surface area contributed by atoms with Crippen LogP contribution in [0.5, 0.6) is 0 Å². The van der Waals surface area contributed by atoms with E-state index < -0.39 is 5.41 Å². The quantitative estimate of drug-likeness (QED) is 0.805. The maximum Gasteiger partial charge on any atom is 0.239 e. The fraction of sp³-hybridized carbons (Fsp3) is 0.333. The number of aryl methyl sites for hydroxylation is 2. The van der Waals surface area contributed by atoms with Crippen LogP contribution in [-0.2, 0) is 9.59 Å². The van der Waals surface area contributed by atoms with E-state index in [-0.39, 0.29) is 11.8 Å². The third kappa shape index (κ3) is 3.90. The molecule has 0 heterocycles. The van der Waals surface area contributed by atoms with Crippen LogP contribution < -0.4 is 10.6 Å². The van der Waals surface area contributed by atoms with Crippen molar-refractivity contribution in [3.05, 3.63) is 58.7 Å². The van der Waals surface area contributed by atoms with Crippen LogP contribution in [0.15, 0.2) is 36.4 Å². The van der Waals surface area contributed by atoms with E-state index >= 15 is 0 Å². The number of hydrogen-bond acceptors (Lipinski definition) is 2. The average Bonchev–Trinajstić information content (AvgIpc) is 2.55. The lowest BCUT2D eigenvalue weighted by Crippen LogP contribution is -2.41. The topological polar surface area (TPSA) is 58.2 Å². The Bertz CT molecular complexity index is 755. The highest BCUT2D eigenvalue weighted by Gasteiger charge is 2.36. The molecule has 0 saturated carbocycles. The number of nitrogens with one attached hydrogen (secondary N) is 2. The van der Waals surface area contributed by atoms with E-state index in [1.165, 1.54) is 0 Å². The zero-order valence-electron chi connectivity index (χ0n) is 15.8. The van der Waals surface area contributed by atoms with Crippen LogP contribution in [0, 0.1) is 33.1 Å². The summed E-state index contributed by atoms with van der Waals surface area (Å²) in [5, 5.41) is 5.77. The van der Waals surface area contributed by atoms with Crippen molar-refractivity contribution in [1.82, 2.24) is 0 Å². The van der Waals surface area contributed by atoms with E-state index in [0.29, 0.717) is 0 Å². The Morgan fingerprint density at radius 2 is 1.08 bits per heavy atom. The molecule has 0 atom stereocenters. The first-order chi connectivity index (χ1) is 11.6. The van der Waals surface area contributed by atoms with Gasteiger partial charge in [0.15, 0.2) is 0 Å². The minimum absolute atomic E-state index is 0.330. The van der Waals surface area contributed by atoms with Gasteiger partial charge in [0.05, 0.1) is 0 Å². The molecule has 0 saturated heterocycles. The second-order valence-electron chi connectivity index (χ2n) is 7.03. The van der Waals surface area contributed by atoms with Gasteiger partial charge in [-0.05, 0) is 75.9 Å².